The van der Waals surface area contributed by atoms with Crippen molar-refractivity contribution in [2.75, 3.05) is 0 Å². The Morgan fingerprint density at radius 2 is 1.71 bits per heavy atom. The highest BCUT2D eigenvalue weighted by atomic mass is 35.5. The molecule has 1 aromatic rings. The van der Waals surface area contributed by atoms with E-state index in [1.54, 1.807) is 6.92 Å². The zero-order chi connectivity index (χ0) is 12.1. The smallest absolute Gasteiger partial charge is 0.320 e. The monoisotopic (exact) mass is 257 g/mol. The van der Waals surface area contributed by atoms with E-state index in [1.165, 1.54) is 5.56 Å². The van der Waals surface area contributed by atoms with Crippen molar-refractivity contribution in [3.63, 3.8) is 0 Å². The molecule has 17 heavy (non-hydrogen) atoms. The van der Waals surface area contributed by atoms with E-state index < -0.39 is 12.0 Å². The fourth-order valence-electron chi connectivity index (χ4n) is 1.66. The predicted octanol–water partition coefficient (Wildman–Crippen LogP) is 2.66. The van der Waals surface area contributed by atoms with Gasteiger partial charge in [-0.2, -0.15) is 0 Å². The lowest BCUT2D eigenvalue weighted by molar-refractivity contribution is -0.139. The van der Waals surface area contributed by atoms with E-state index in [9.17, 15) is 4.79 Å². The second-order valence-electron chi connectivity index (χ2n) is 4.21. The molecule has 0 saturated heterocycles. The molecule has 0 radical (unpaired) electrons. The normalized spacial score (nSPS) is 15.5. The molecule has 0 aliphatic carbocycles. The van der Waals surface area contributed by atoms with E-state index in [0.717, 1.165) is 0 Å². The summed E-state index contributed by atoms with van der Waals surface area (Å²) in [6.45, 7) is 5.77. The highest BCUT2D eigenvalue weighted by molar-refractivity contribution is 5.85. The van der Waals surface area contributed by atoms with Crippen LogP contribution in [0.5, 0.6) is 0 Å². The van der Waals surface area contributed by atoms with Crippen molar-refractivity contribution in [1.29, 1.82) is 0 Å². The van der Waals surface area contributed by atoms with E-state index in [4.69, 9.17) is 5.11 Å². The van der Waals surface area contributed by atoms with Crippen molar-refractivity contribution < 1.29 is 9.90 Å². The molecule has 0 amide bonds. The Morgan fingerprint density at radius 1 is 1.18 bits per heavy atom. The van der Waals surface area contributed by atoms with Gasteiger partial charge in [-0.3, -0.25) is 4.79 Å². The Hall–Kier alpha value is -1.06. The molecule has 0 aliphatic heterocycles. The molecule has 0 bridgehead atoms. The van der Waals surface area contributed by atoms with Crippen molar-refractivity contribution in [2.45, 2.75) is 38.8 Å². The Labute approximate surface area is 109 Å². The molecule has 0 spiro atoms. The predicted molar refractivity (Wildman–Crippen MR) is 71.8 cm³/mol. The molecule has 96 valence electrons. The standard InChI is InChI=1S/C13H19NO2.ClH/c1-9(12-7-5-4-6-8-12)10(2)14-11(3)13(15)16;/h4-11,14H,1-3H3,(H,15,16);1H/t9-,10?,11+;/m1./s1. The summed E-state index contributed by atoms with van der Waals surface area (Å²) < 4.78 is 0. The summed E-state index contributed by atoms with van der Waals surface area (Å²) in [5.74, 6) is -0.518. The van der Waals surface area contributed by atoms with Crippen LogP contribution in [0.3, 0.4) is 0 Å². The summed E-state index contributed by atoms with van der Waals surface area (Å²) in [4.78, 5) is 10.7. The summed E-state index contributed by atoms with van der Waals surface area (Å²) in [5.41, 5.74) is 1.22. The lowest BCUT2D eigenvalue weighted by atomic mass is 9.94. The van der Waals surface area contributed by atoms with E-state index in [0.29, 0.717) is 5.92 Å². The van der Waals surface area contributed by atoms with Gasteiger partial charge in [0.1, 0.15) is 6.04 Å². The molecule has 2 N–H and O–H groups in total. The third-order valence-electron chi connectivity index (χ3n) is 2.96. The first-order valence-corrected chi connectivity index (χ1v) is 5.56. The third-order valence-corrected chi connectivity index (χ3v) is 2.96. The topological polar surface area (TPSA) is 49.3 Å². The number of carbonyl (C=O) groups is 1. The highest BCUT2D eigenvalue weighted by Gasteiger charge is 2.19. The van der Waals surface area contributed by atoms with Crippen molar-refractivity contribution in [1.82, 2.24) is 5.32 Å². The number of halogens is 1. The van der Waals surface area contributed by atoms with Gasteiger partial charge < -0.3 is 10.4 Å². The summed E-state index contributed by atoms with van der Waals surface area (Å²) in [6.07, 6.45) is 0. The molecular formula is C13H20ClNO2. The molecule has 0 saturated carbocycles. The van der Waals surface area contributed by atoms with E-state index in [1.807, 2.05) is 25.1 Å². The maximum atomic E-state index is 10.7. The number of rotatable bonds is 5. The lowest BCUT2D eigenvalue weighted by Gasteiger charge is -2.23. The molecule has 0 aromatic heterocycles. The Balaban J connectivity index is 0.00000256. The van der Waals surface area contributed by atoms with Crippen molar-refractivity contribution >= 4 is 18.4 Å². The number of hydrogen-bond donors (Lipinski definition) is 2. The second-order valence-corrected chi connectivity index (χ2v) is 4.21. The van der Waals surface area contributed by atoms with Crippen molar-refractivity contribution in [3.8, 4) is 0 Å². The molecule has 3 atom stereocenters. The Bertz CT molecular complexity index is 343. The Kier molecular flexibility index (Phi) is 6.85. The molecule has 0 heterocycles. The van der Waals surface area contributed by atoms with Gasteiger partial charge in [-0.1, -0.05) is 37.3 Å². The Morgan fingerprint density at radius 3 is 2.18 bits per heavy atom. The van der Waals surface area contributed by atoms with Crippen LogP contribution in [0.4, 0.5) is 0 Å². The van der Waals surface area contributed by atoms with Gasteiger partial charge in [0.15, 0.2) is 0 Å². The fraction of sp³-hybridized carbons (Fsp3) is 0.462. The van der Waals surface area contributed by atoms with Gasteiger partial charge in [-0.05, 0) is 25.3 Å². The van der Waals surface area contributed by atoms with E-state index in [2.05, 4.69) is 24.4 Å². The number of nitrogens with one attached hydrogen (secondary N) is 1. The number of carboxylic acids is 1. The van der Waals surface area contributed by atoms with Crippen LogP contribution in [0.2, 0.25) is 0 Å². The second kappa shape index (κ2) is 7.30. The van der Waals surface area contributed by atoms with Crippen LogP contribution in [0.1, 0.15) is 32.3 Å². The first-order chi connectivity index (χ1) is 7.52. The summed E-state index contributed by atoms with van der Waals surface area (Å²) in [7, 11) is 0. The maximum Gasteiger partial charge on any atom is 0.320 e. The molecule has 1 unspecified atom stereocenters. The zero-order valence-electron chi connectivity index (χ0n) is 10.4. The van der Waals surface area contributed by atoms with Gasteiger partial charge in [-0.25, -0.2) is 0 Å². The van der Waals surface area contributed by atoms with Gasteiger partial charge in [-0.15, -0.1) is 12.4 Å². The van der Waals surface area contributed by atoms with Crippen LogP contribution in [-0.4, -0.2) is 23.2 Å². The molecule has 0 fully saturated rings. The molecule has 4 heteroatoms. The van der Waals surface area contributed by atoms with Gasteiger partial charge >= 0.3 is 5.97 Å². The average molecular weight is 258 g/mol. The number of hydrogen-bond acceptors (Lipinski definition) is 2. The van der Waals surface area contributed by atoms with Crippen LogP contribution in [0.25, 0.3) is 0 Å². The minimum atomic E-state index is -0.813. The van der Waals surface area contributed by atoms with Gasteiger partial charge in [0.25, 0.3) is 0 Å². The van der Waals surface area contributed by atoms with E-state index in [-0.39, 0.29) is 18.4 Å². The number of aliphatic carboxylic acids is 1. The quantitative estimate of drug-likeness (QED) is 0.853. The highest BCUT2D eigenvalue weighted by Crippen LogP contribution is 2.18. The zero-order valence-corrected chi connectivity index (χ0v) is 11.2. The first-order valence-electron chi connectivity index (χ1n) is 5.56. The van der Waals surface area contributed by atoms with Gasteiger partial charge in [0.05, 0.1) is 0 Å². The van der Waals surface area contributed by atoms with Crippen molar-refractivity contribution in [2.24, 2.45) is 0 Å². The van der Waals surface area contributed by atoms with Crippen LogP contribution >= 0.6 is 12.4 Å². The molecule has 1 rings (SSSR count). The minimum absolute atomic E-state index is 0. The number of benzene rings is 1. The number of carboxylic acid groups (broad SMARTS) is 1. The van der Waals surface area contributed by atoms with Crippen molar-refractivity contribution in [3.05, 3.63) is 35.9 Å². The minimum Gasteiger partial charge on any atom is -0.480 e. The fourth-order valence-corrected chi connectivity index (χ4v) is 1.66. The third kappa shape index (κ3) is 4.75. The largest absolute Gasteiger partial charge is 0.480 e. The van der Waals surface area contributed by atoms with E-state index >= 15 is 0 Å². The van der Waals surface area contributed by atoms with Gasteiger partial charge in [0, 0.05) is 6.04 Å². The molecule has 0 aliphatic rings. The SMILES string of the molecule is CC(N[C@@H](C)C(=O)O)[C@@H](C)c1ccccc1.Cl. The average Bonchev–Trinajstić information content (AvgIpc) is 2.28. The lowest BCUT2D eigenvalue weighted by Crippen LogP contribution is -2.42. The summed E-state index contributed by atoms with van der Waals surface area (Å²) >= 11 is 0. The molecule has 1 aromatic carbocycles. The van der Waals surface area contributed by atoms with Crippen LogP contribution in [0, 0.1) is 0 Å². The van der Waals surface area contributed by atoms with Crippen LogP contribution < -0.4 is 5.32 Å². The van der Waals surface area contributed by atoms with Crippen LogP contribution in [0.15, 0.2) is 30.3 Å². The van der Waals surface area contributed by atoms with Gasteiger partial charge in [0.2, 0.25) is 0 Å². The maximum absolute atomic E-state index is 10.7. The first kappa shape index (κ1) is 15.9. The summed E-state index contributed by atoms with van der Waals surface area (Å²) in [6, 6.07) is 9.73. The molecule has 3 nitrogen and oxygen atoms in total. The molecular weight excluding hydrogens is 238 g/mol. The van der Waals surface area contributed by atoms with Crippen LogP contribution in [-0.2, 0) is 4.79 Å². The summed E-state index contributed by atoms with van der Waals surface area (Å²) in [5, 5.41) is 11.9.